The summed E-state index contributed by atoms with van der Waals surface area (Å²) < 4.78 is 9.98. The fraction of sp³-hybridized carbons (Fsp3) is 0.467. The molecule has 1 aromatic carbocycles. The van der Waals surface area contributed by atoms with Gasteiger partial charge in [0.25, 0.3) is 0 Å². The second-order valence-corrected chi connectivity index (χ2v) is 4.67. The molecular weight excluding hydrogens is 244 g/mol. The van der Waals surface area contributed by atoms with Gasteiger partial charge in [-0.25, -0.2) is 0 Å². The zero-order valence-corrected chi connectivity index (χ0v) is 11.8. The number of hydrogen-bond acceptors (Lipinski definition) is 4. The molecule has 4 nitrogen and oxygen atoms in total. The van der Waals surface area contributed by atoms with Crippen LogP contribution in [0.15, 0.2) is 30.3 Å². The minimum absolute atomic E-state index is 0.138. The Kier molecular flexibility index (Phi) is 5.70. The van der Waals surface area contributed by atoms with E-state index in [9.17, 15) is 9.59 Å². The Morgan fingerprint density at radius 3 is 2.05 bits per heavy atom. The van der Waals surface area contributed by atoms with E-state index >= 15 is 0 Å². The quantitative estimate of drug-likeness (QED) is 0.585. The third-order valence-corrected chi connectivity index (χ3v) is 3.02. The van der Waals surface area contributed by atoms with Crippen molar-refractivity contribution in [1.82, 2.24) is 0 Å². The zero-order chi connectivity index (χ0) is 14.4. The highest BCUT2D eigenvalue weighted by molar-refractivity contribution is 6.01. The molecule has 19 heavy (non-hydrogen) atoms. The van der Waals surface area contributed by atoms with Crippen molar-refractivity contribution in [2.75, 3.05) is 14.2 Å². The molecule has 0 amide bonds. The molecule has 0 aliphatic carbocycles. The van der Waals surface area contributed by atoms with Crippen molar-refractivity contribution in [3.63, 3.8) is 0 Å². The van der Waals surface area contributed by atoms with Crippen molar-refractivity contribution in [3.05, 3.63) is 35.9 Å². The van der Waals surface area contributed by atoms with Gasteiger partial charge in [-0.3, -0.25) is 9.59 Å². The standard InChI is InChI=1S/C15H20O4/c1-10(2)12(15(17)19-4)13(16)14(18-3)11-8-6-5-7-9-11/h5-10,12,14H,1-4H3. The molecular formula is C15H20O4. The van der Waals surface area contributed by atoms with Crippen LogP contribution in [0.1, 0.15) is 25.5 Å². The van der Waals surface area contributed by atoms with Crippen LogP contribution in [0.5, 0.6) is 0 Å². The van der Waals surface area contributed by atoms with Crippen LogP contribution in [-0.2, 0) is 19.1 Å². The Bertz CT molecular complexity index is 425. The highest BCUT2D eigenvalue weighted by Crippen LogP contribution is 2.25. The van der Waals surface area contributed by atoms with Crippen molar-refractivity contribution < 1.29 is 19.1 Å². The fourth-order valence-corrected chi connectivity index (χ4v) is 2.05. The van der Waals surface area contributed by atoms with Gasteiger partial charge in [-0.1, -0.05) is 44.2 Å². The summed E-state index contributed by atoms with van der Waals surface area (Å²) in [4.78, 5) is 24.2. The van der Waals surface area contributed by atoms with E-state index in [0.717, 1.165) is 5.56 Å². The van der Waals surface area contributed by atoms with Crippen LogP contribution in [0.4, 0.5) is 0 Å². The second kappa shape index (κ2) is 7.04. The van der Waals surface area contributed by atoms with Gasteiger partial charge in [0.1, 0.15) is 12.0 Å². The van der Waals surface area contributed by atoms with Crippen LogP contribution in [0.25, 0.3) is 0 Å². The average Bonchev–Trinajstić information content (AvgIpc) is 2.40. The zero-order valence-electron chi connectivity index (χ0n) is 11.8. The Morgan fingerprint density at radius 2 is 1.63 bits per heavy atom. The Labute approximate surface area is 113 Å². The summed E-state index contributed by atoms with van der Waals surface area (Å²) in [5.74, 6) is -1.73. The molecule has 4 heteroatoms. The van der Waals surface area contributed by atoms with Crippen LogP contribution in [0.3, 0.4) is 0 Å². The highest BCUT2D eigenvalue weighted by atomic mass is 16.5. The number of ether oxygens (including phenoxy) is 2. The minimum Gasteiger partial charge on any atom is -0.468 e. The van der Waals surface area contributed by atoms with Crippen molar-refractivity contribution >= 4 is 11.8 Å². The number of methoxy groups -OCH3 is 2. The summed E-state index contributed by atoms with van der Waals surface area (Å²) in [5, 5.41) is 0. The van der Waals surface area contributed by atoms with Gasteiger partial charge in [0.05, 0.1) is 7.11 Å². The number of ketones is 1. The van der Waals surface area contributed by atoms with E-state index in [4.69, 9.17) is 9.47 Å². The van der Waals surface area contributed by atoms with E-state index in [0.29, 0.717) is 0 Å². The molecule has 0 aromatic heterocycles. The smallest absolute Gasteiger partial charge is 0.316 e. The summed E-state index contributed by atoms with van der Waals surface area (Å²) >= 11 is 0. The molecule has 104 valence electrons. The lowest BCUT2D eigenvalue weighted by Gasteiger charge is -2.22. The van der Waals surface area contributed by atoms with Crippen LogP contribution in [-0.4, -0.2) is 26.0 Å². The van der Waals surface area contributed by atoms with Gasteiger partial charge >= 0.3 is 5.97 Å². The van der Waals surface area contributed by atoms with Gasteiger partial charge in [0, 0.05) is 7.11 Å². The molecule has 0 saturated heterocycles. The van der Waals surface area contributed by atoms with E-state index < -0.39 is 18.0 Å². The SMILES string of the molecule is COC(=O)C(C(=O)C(OC)c1ccccc1)C(C)C. The summed E-state index contributed by atoms with van der Waals surface area (Å²) in [6.07, 6.45) is -0.743. The normalized spacial score (nSPS) is 13.9. The lowest BCUT2D eigenvalue weighted by Crippen LogP contribution is -2.34. The molecule has 0 heterocycles. The van der Waals surface area contributed by atoms with E-state index in [1.807, 2.05) is 32.0 Å². The molecule has 2 atom stereocenters. The van der Waals surface area contributed by atoms with Gasteiger partial charge in [-0.2, -0.15) is 0 Å². The molecule has 0 radical (unpaired) electrons. The maximum atomic E-state index is 12.5. The van der Waals surface area contributed by atoms with Crippen molar-refractivity contribution in [3.8, 4) is 0 Å². The topological polar surface area (TPSA) is 52.6 Å². The first-order valence-corrected chi connectivity index (χ1v) is 6.22. The maximum absolute atomic E-state index is 12.5. The predicted octanol–water partition coefficient (Wildman–Crippen LogP) is 2.39. The molecule has 0 bridgehead atoms. The van der Waals surface area contributed by atoms with E-state index in [1.165, 1.54) is 14.2 Å². The van der Waals surface area contributed by atoms with E-state index in [2.05, 4.69) is 0 Å². The summed E-state index contributed by atoms with van der Waals surface area (Å²) in [6.45, 7) is 3.63. The molecule has 1 aromatic rings. The summed E-state index contributed by atoms with van der Waals surface area (Å²) in [6, 6.07) is 9.14. The molecule has 2 unspecified atom stereocenters. The van der Waals surface area contributed by atoms with E-state index in [1.54, 1.807) is 12.1 Å². The number of carbonyl (C=O) groups is 2. The van der Waals surface area contributed by atoms with Crippen molar-refractivity contribution in [2.24, 2.45) is 11.8 Å². The summed E-state index contributed by atoms with van der Waals surface area (Å²) in [5.41, 5.74) is 0.740. The highest BCUT2D eigenvalue weighted by Gasteiger charge is 2.36. The first-order chi connectivity index (χ1) is 9.02. The third kappa shape index (κ3) is 3.64. The second-order valence-electron chi connectivity index (χ2n) is 4.67. The maximum Gasteiger partial charge on any atom is 0.316 e. The largest absolute Gasteiger partial charge is 0.468 e. The van der Waals surface area contributed by atoms with Crippen LogP contribution >= 0.6 is 0 Å². The third-order valence-electron chi connectivity index (χ3n) is 3.02. The first-order valence-electron chi connectivity index (χ1n) is 6.22. The predicted molar refractivity (Wildman–Crippen MR) is 71.5 cm³/mol. The molecule has 0 fully saturated rings. The number of esters is 1. The molecule has 0 aliphatic rings. The van der Waals surface area contributed by atoms with Gasteiger partial charge < -0.3 is 9.47 Å². The molecule has 0 spiro atoms. The first kappa shape index (κ1) is 15.4. The van der Waals surface area contributed by atoms with Gasteiger partial charge in [0.2, 0.25) is 0 Å². The number of Topliss-reactive ketones (excluding diaryl/α,β-unsaturated/α-hetero) is 1. The lowest BCUT2D eigenvalue weighted by molar-refractivity contribution is -0.154. The van der Waals surface area contributed by atoms with Crippen molar-refractivity contribution in [1.29, 1.82) is 0 Å². The van der Waals surface area contributed by atoms with Crippen LogP contribution in [0.2, 0.25) is 0 Å². The molecule has 0 saturated carbocycles. The van der Waals surface area contributed by atoms with Crippen LogP contribution < -0.4 is 0 Å². The molecule has 0 aliphatic heterocycles. The number of carbonyl (C=O) groups excluding carboxylic acids is 2. The monoisotopic (exact) mass is 264 g/mol. The Hall–Kier alpha value is -1.68. The minimum atomic E-state index is -0.810. The van der Waals surface area contributed by atoms with Crippen molar-refractivity contribution in [2.45, 2.75) is 20.0 Å². The number of benzene rings is 1. The van der Waals surface area contributed by atoms with Crippen LogP contribution in [0, 0.1) is 11.8 Å². The van der Waals surface area contributed by atoms with Gasteiger partial charge in [-0.05, 0) is 11.5 Å². The number of rotatable bonds is 6. The average molecular weight is 264 g/mol. The molecule has 1 rings (SSSR count). The van der Waals surface area contributed by atoms with E-state index in [-0.39, 0.29) is 11.7 Å². The summed E-state index contributed by atoms with van der Waals surface area (Å²) in [7, 11) is 2.75. The Morgan fingerprint density at radius 1 is 1.05 bits per heavy atom. The molecule has 0 N–H and O–H groups in total. The number of hydrogen-bond donors (Lipinski definition) is 0. The van der Waals surface area contributed by atoms with Gasteiger partial charge in [0.15, 0.2) is 5.78 Å². The lowest BCUT2D eigenvalue weighted by atomic mass is 9.87. The van der Waals surface area contributed by atoms with Gasteiger partial charge in [-0.15, -0.1) is 0 Å². The fourth-order valence-electron chi connectivity index (χ4n) is 2.05. The Balaban J connectivity index is 3.03.